The topological polar surface area (TPSA) is 118 Å². The number of aryl methyl sites for hydroxylation is 1. The lowest BCUT2D eigenvalue weighted by Crippen LogP contribution is -2.50. The molecule has 0 N–H and O–H groups in total. The molecule has 1 aromatic heterocycles. The van der Waals surface area contributed by atoms with Crippen molar-refractivity contribution in [1.82, 2.24) is 0 Å². The third kappa shape index (κ3) is 7.42. The van der Waals surface area contributed by atoms with Crippen molar-refractivity contribution in [3.63, 3.8) is 0 Å². The molecule has 2 heterocycles. The van der Waals surface area contributed by atoms with E-state index in [-0.39, 0.29) is 29.9 Å². The Bertz CT molecular complexity index is 1640. The van der Waals surface area contributed by atoms with Crippen LogP contribution >= 0.6 is 0 Å². The SMILES string of the molecule is CCOC(=O)c1ccc(C)[n+](C2OC(COC(=O)c3ccccc3)C(OC(=O)c3ccccc3)C2OC(=O)c2ccccc2)c1. The molecule has 3 aromatic carbocycles. The van der Waals surface area contributed by atoms with Crippen LogP contribution in [0.3, 0.4) is 0 Å². The van der Waals surface area contributed by atoms with E-state index in [1.54, 1.807) is 122 Å². The molecular weight excluding hydrogens is 578 g/mol. The molecule has 0 amide bonds. The van der Waals surface area contributed by atoms with Crippen molar-refractivity contribution in [1.29, 1.82) is 0 Å². The Balaban J connectivity index is 1.53. The van der Waals surface area contributed by atoms with Gasteiger partial charge in [-0.1, -0.05) is 54.6 Å². The summed E-state index contributed by atoms with van der Waals surface area (Å²) in [5.74, 6) is -2.53. The van der Waals surface area contributed by atoms with E-state index < -0.39 is 48.4 Å². The maximum Gasteiger partial charge on any atom is 0.344 e. The van der Waals surface area contributed by atoms with Crippen molar-refractivity contribution in [2.24, 2.45) is 0 Å². The molecule has 10 nitrogen and oxygen atoms in total. The van der Waals surface area contributed by atoms with Gasteiger partial charge in [0.15, 0.2) is 18.0 Å². The van der Waals surface area contributed by atoms with E-state index in [1.807, 2.05) is 0 Å². The molecule has 0 bridgehead atoms. The van der Waals surface area contributed by atoms with Gasteiger partial charge in [0, 0.05) is 13.0 Å². The molecule has 1 aliphatic rings. The molecule has 230 valence electrons. The molecule has 0 radical (unpaired) electrons. The van der Waals surface area contributed by atoms with Crippen LogP contribution in [0.5, 0.6) is 0 Å². The van der Waals surface area contributed by atoms with E-state index in [0.29, 0.717) is 11.3 Å². The van der Waals surface area contributed by atoms with Gasteiger partial charge in [-0.25, -0.2) is 19.2 Å². The summed E-state index contributed by atoms with van der Waals surface area (Å²) in [4.78, 5) is 52.2. The lowest BCUT2D eigenvalue weighted by Gasteiger charge is -2.23. The standard InChI is InChI=1S/C35H32NO9/c1-3-41-33(38)27-20-19-23(2)36(21-27)31-30(45-35(40)26-17-11-6-12-18-26)29(44-34(39)25-15-9-5-10-16-25)28(43-31)22-42-32(37)24-13-7-4-8-14-24/h4-21,28-31H,3,22H2,1-2H3/q+1. The summed E-state index contributed by atoms with van der Waals surface area (Å²) in [5, 5.41) is 0. The lowest BCUT2D eigenvalue weighted by molar-refractivity contribution is -0.770. The van der Waals surface area contributed by atoms with Gasteiger partial charge < -0.3 is 23.7 Å². The summed E-state index contributed by atoms with van der Waals surface area (Å²) in [6, 6.07) is 28.4. The molecule has 4 aromatic rings. The van der Waals surface area contributed by atoms with Gasteiger partial charge in [0.05, 0.1) is 23.3 Å². The van der Waals surface area contributed by atoms with Crippen molar-refractivity contribution in [2.75, 3.05) is 13.2 Å². The van der Waals surface area contributed by atoms with E-state index in [9.17, 15) is 19.2 Å². The Morgan fingerprint density at radius 3 is 1.64 bits per heavy atom. The number of benzene rings is 3. The largest absolute Gasteiger partial charge is 0.462 e. The molecular formula is C35H32NO9+. The third-order valence-electron chi connectivity index (χ3n) is 7.15. The Morgan fingerprint density at radius 1 is 0.622 bits per heavy atom. The summed E-state index contributed by atoms with van der Waals surface area (Å²) < 4.78 is 30.8. The van der Waals surface area contributed by atoms with E-state index in [1.165, 1.54) is 6.20 Å². The lowest BCUT2D eigenvalue weighted by atomic mass is 10.1. The van der Waals surface area contributed by atoms with Crippen LogP contribution in [-0.2, 0) is 23.7 Å². The van der Waals surface area contributed by atoms with Crippen molar-refractivity contribution in [3.05, 3.63) is 137 Å². The first kappa shape index (κ1) is 31.1. The van der Waals surface area contributed by atoms with E-state index in [4.69, 9.17) is 23.7 Å². The van der Waals surface area contributed by atoms with E-state index >= 15 is 0 Å². The molecule has 1 aliphatic heterocycles. The average Bonchev–Trinajstić information content (AvgIpc) is 3.40. The van der Waals surface area contributed by atoms with Gasteiger partial charge in [-0.2, -0.15) is 4.57 Å². The normalized spacial score (nSPS) is 18.9. The fourth-order valence-electron chi connectivity index (χ4n) is 4.88. The smallest absolute Gasteiger partial charge is 0.344 e. The highest BCUT2D eigenvalue weighted by Gasteiger charge is 2.55. The number of aromatic nitrogens is 1. The summed E-state index contributed by atoms with van der Waals surface area (Å²) in [7, 11) is 0. The molecule has 10 heteroatoms. The minimum atomic E-state index is -1.22. The molecule has 0 spiro atoms. The first-order valence-corrected chi connectivity index (χ1v) is 14.4. The molecule has 45 heavy (non-hydrogen) atoms. The van der Waals surface area contributed by atoms with Crippen LogP contribution in [0.15, 0.2) is 109 Å². The number of carbonyl (C=O) groups is 4. The molecule has 4 unspecified atom stereocenters. The van der Waals surface area contributed by atoms with Crippen LogP contribution in [0.25, 0.3) is 0 Å². The van der Waals surface area contributed by atoms with Crippen molar-refractivity contribution >= 4 is 23.9 Å². The number of esters is 4. The van der Waals surface area contributed by atoms with Crippen molar-refractivity contribution < 1.29 is 47.4 Å². The number of nitrogens with zero attached hydrogens (tertiary/aromatic N) is 1. The van der Waals surface area contributed by atoms with Crippen LogP contribution in [0.4, 0.5) is 0 Å². The Hall–Kier alpha value is -5.35. The summed E-state index contributed by atoms with van der Waals surface area (Å²) in [6.07, 6.45) is -3.04. The Morgan fingerprint density at radius 2 is 1.11 bits per heavy atom. The molecule has 5 rings (SSSR count). The van der Waals surface area contributed by atoms with Crippen molar-refractivity contribution in [3.8, 4) is 0 Å². The predicted octanol–water partition coefficient (Wildman–Crippen LogP) is 4.66. The quantitative estimate of drug-likeness (QED) is 0.143. The van der Waals surface area contributed by atoms with Gasteiger partial charge in [-0.3, -0.25) is 0 Å². The second-order valence-corrected chi connectivity index (χ2v) is 10.2. The number of hydrogen-bond donors (Lipinski definition) is 0. The molecule has 0 aliphatic carbocycles. The molecule has 4 atom stereocenters. The Kier molecular flexibility index (Phi) is 9.96. The van der Waals surface area contributed by atoms with Crippen LogP contribution in [0, 0.1) is 6.92 Å². The van der Waals surface area contributed by atoms with Gasteiger partial charge in [-0.15, -0.1) is 0 Å². The number of carbonyl (C=O) groups excluding carboxylic acids is 4. The zero-order valence-electron chi connectivity index (χ0n) is 24.7. The maximum absolute atomic E-state index is 13.4. The van der Waals surface area contributed by atoms with Gasteiger partial charge in [0.25, 0.3) is 0 Å². The number of ether oxygens (including phenoxy) is 5. The van der Waals surface area contributed by atoms with Gasteiger partial charge >= 0.3 is 30.1 Å². The molecule has 0 saturated carbocycles. The van der Waals surface area contributed by atoms with Gasteiger partial charge in [-0.05, 0) is 49.4 Å². The first-order chi connectivity index (χ1) is 21.9. The van der Waals surface area contributed by atoms with Crippen LogP contribution in [-0.4, -0.2) is 55.4 Å². The highest BCUT2D eigenvalue weighted by atomic mass is 16.7. The summed E-state index contributed by atoms with van der Waals surface area (Å²) in [6.45, 7) is 3.33. The minimum absolute atomic E-state index is 0.177. The number of rotatable bonds is 10. The third-order valence-corrected chi connectivity index (χ3v) is 7.15. The highest BCUT2D eigenvalue weighted by Crippen LogP contribution is 2.33. The minimum Gasteiger partial charge on any atom is -0.462 e. The monoisotopic (exact) mass is 610 g/mol. The summed E-state index contributed by atoms with van der Waals surface area (Å²) >= 11 is 0. The molecule has 1 fully saturated rings. The predicted molar refractivity (Wildman–Crippen MR) is 159 cm³/mol. The second-order valence-electron chi connectivity index (χ2n) is 10.2. The van der Waals surface area contributed by atoms with Gasteiger partial charge in [0.2, 0.25) is 6.10 Å². The number of hydrogen-bond acceptors (Lipinski definition) is 9. The average molecular weight is 611 g/mol. The molecule has 1 saturated heterocycles. The van der Waals surface area contributed by atoms with Crippen molar-refractivity contribution in [2.45, 2.75) is 38.4 Å². The van der Waals surface area contributed by atoms with Crippen LogP contribution in [0.2, 0.25) is 0 Å². The second kappa shape index (κ2) is 14.4. The van der Waals surface area contributed by atoms with E-state index in [2.05, 4.69) is 0 Å². The zero-order valence-corrected chi connectivity index (χ0v) is 24.7. The highest BCUT2D eigenvalue weighted by molar-refractivity contribution is 5.91. The van der Waals surface area contributed by atoms with Gasteiger partial charge in [0.1, 0.15) is 18.3 Å². The fourth-order valence-corrected chi connectivity index (χ4v) is 4.88. The fraction of sp³-hybridized carbons (Fsp3) is 0.229. The Labute approximate surface area is 260 Å². The first-order valence-electron chi connectivity index (χ1n) is 14.4. The maximum atomic E-state index is 13.4. The zero-order chi connectivity index (χ0) is 31.8. The summed E-state index contributed by atoms with van der Waals surface area (Å²) in [5.41, 5.74) is 1.73. The van der Waals surface area contributed by atoms with E-state index in [0.717, 1.165) is 0 Å². The van der Waals surface area contributed by atoms with Crippen LogP contribution in [0.1, 0.15) is 60.3 Å². The van der Waals surface area contributed by atoms with Crippen LogP contribution < -0.4 is 4.57 Å². The number of pyridine rings is 1.